The fourth-order valence-electron chi connectivity index (χ4n) is 6.09. The molecule has 1 aliphatic heterocycles. The number of aromatic hydroxyl groups is 2. The maximum Gasteiger partial charge on any atom is 0.314 e. The average Bonchev–Trinajstić information content (AvgIpc) is 2.94. The number of fused-ring (bicyclic) bond motifs is 3. The number of Topliss-reactive ketones (excluding diaryl/α,β-unsaturated/α-hetero) is 1. The molecule has 5 rings (SSSR count). The number of nitrogens with zero attached hydrogens (tertiary/aromatic N) is 1. The first-order valence-corrected chi connectivity index (χ1v) is 13.6. The number of rotatable bonds is 7. The number of nitroso groups, excluding NO2 is 1. The monoisotopic (exact) mass is 585 g/mol. The predicted molar refractivity (Wildman–Crippen MR) is 144 cm³/mol. The van der Waals surface area contributed by atoms with Gasteiger partial charge in [0.1, 0.15) is 23.6 Å². The van der Waals surface area contributed by atoms with Gasteiger partial charge < -0.3 is 30.7 Å². The number of phenolic OH excluding ortho intramolecular Hbond substituents is 2. The van der Waals surface area contributed by atoms with E-state index in [1.807, 2.05) is 0 Å². The van der Waals surface area contributed by atoms with Gasteiger partial charge in [-0.2, -0.15) is 4.91 Å². The van der Waals surface area contributed by atoms with E-state index in [2.05, 4.69) is 10.5 Å². The van der Waals surface area contributed by atoms with Gasteiger partial charge in [-0.05, 0) is 38.5 Å². The molecule has 1 saturated carbocycles. The number of urea groups is 1. The van der Waals surface area contributed by atoms with E-state index < -0.39 is 70.2 Å². The Labute approximate surface area is 239 Å². The van der Waals surface area contributed by atoms with Crippen molar-refractivity contribution in [1.82, 2.24) is 5.32 Å². The molecule has 5 atom stereocenters. The Kier molecular flexibility index (Phi) is 7.58. The molecule has 5 N–H and O–H groups in total. The molecule has 216 valence electrons. The normalized spacial score (nSPS) is 26.9. The van der Waals surface area contributed by atoms with Gasteiger partial charge in [0.2, 0.25) is 0 Å². The molecule has 1 heterocycles. The van der Waals surface area contributed by atoms with Gasteiger partial charge in [0.15, 0.2) is 29.4 Å². The van der Waals surface area contributed by atoms with E-state index in [9.17, 15) is 34.3 Å². The van der Waals surface area contributed by atoms with E-state index in [-0.39, 0.29) is 47.4 Å². The predicted octanol–water partition coefficient (Wildman–Crippen LogP) is 3.35. The van der Waals surface area contributed by atoms with Crippen LogP contribution < -0.4 is 11.1 Å². The lowest BCUT2D eigenvalue weighted by molar-refractivity contribution is -0.256. The van der Waals surface area contributed by atoms with E-state index in [1.165, 1.54) is 19.1 Å². The number of nitrogens with two attached hydrogens (primary N) is 1. The van der Waals surface area contributed by atoms with Crippen LogP contribution in [-0.2, 0) is 20.7 Å². The van der Waals surface area contributed by atoms with Gasteiger partial charge >= 0.3 is 6.03 Å². The summed E-state index contributed by atoms with van der Waals surface area (Å²) < 4.78 is 12.2. The number of ketones is 3. The molecule has 2 aromatic carbocycles. The molecule has 2 aliphatic carbocycles. The van der Waals surface area contributed by atoms with Gasteiger partial charge in [0, 0.05) is 29.0 Å². The van der Waals surface area contributed by atoms with Gasteiger partial charge in [-0.15, -0.1) is 11.6 Å². The van der Waals surface area contributed by atoms with Crippen molar-refractivity contribution >= 4 is 35.0 Å². The summed E-state index contributed by atoms with van der Waals surface area (Å²) >= 11 is 5.90. The van der Waals surface area contributed by atoms with Gasteiger partial charge in [0.05, 0.1) is 16.7 Å². The second-order valence-electron chi connectivity index (χ2n) is 10.6. The highest BCUT2D eigenvalue weighted by atomic mass is 35.5. The van der Waals surface area contributed by atoms with Gasteiger partial charge in [-0.25, -0.2) is 4.79 Å². The van der Waals surface area contributed by atoms with Crippen LogP contribution in [0.4, 0.5) is 4.79 Å². The van der Waals surface area contributed by atoms with E-state index >= 15 is 0 Å². The van der Waals surface area contributed by atoms with Gasteiger partial charge in [-0.3, -0.25) is 14.4 Å². The molecule has 2 amide bonds. The molecule has 13 heteroatoms. The Bertz CT molecular complexity index is 1480. The number of halogens is 1. The molecule has 41 heavy (non-hydrogen) atoms. The van der Waals surface area contributed by atoms with Gasteiger partial charge in [0.25, 0.3) is 0 Å². The number of amides is 2. The summed E-state index contributed by atoms with van der Waals surface area (Å²) in [6.45, 7) is 1.25. The number of alkyl halides is 1. The third kappa shape index (κ3) is 4.75. The number of ether oxygens (including phenoxy) is 2. The van der Waals surface area contributed by atoms with Crippen molar-refractivity contribution in [3.8, 4) is 11.5 Å². The van der Waals surface area contributed by atoms with Crippen molar-refractivity contribution in [2.75, 3.05) is 5.88 Å². The van der Waals surface area contributed by atoms with E-state index in [0.717, 1.165) is 0 Å². The van der Waals surface area contributed by atoms with Crippen LogP contribution in [0, 0.1) is 10.8 Å². The first kappa shape index (κ1) is 28.7. The topological polar surface area (TPSA) is 195 Å². The number of carbonyl (C=O) groups excluding carboxylic acids is 4. The molecule has 1 fully saturated rings. The standard InChI is InChI=1S/C28H28ClN3O9/c1-12(33)17-11-16-19(25(37)21-20(24(16)36)22(34)14-4-2-3-5-15(14)23(21)35)26(40-17)41-28(31-27(30)38)8-6-13(7-9-29)10-18(28)32-39/h2-5,13,17-18,26,36-37H,6-11H2,1H3,(H3,30,31,38)/t13?,17-,18?,26+,28?/m1/s1. The van der Waals surface area contributed by atoms with E-state index in [0.29, 0.717) is 18.7 Å². The quantitative estimate of drug-likeness (QED) is 0.139. The number of benzene rings is 2. The third-order valence-corrected chi connectivity index (χ3v) is 8.36. The fourth-order valence-corrected chi connectivity index (χ4v) is 6.40. The van der Waals surface area contributed by atoms with Crippen LogP contribution in [0.25, 0.3) is 0 Å². The SMILES string of the molecule is CC(=O)[C@H]1Cc2c(O)c3c(c(O)c2[C@H](OC2(NC(N)=O)CCC(CCCl)CC2N=O)O1)C(=O)c1ccccc1C3=O. The number of carbonyl (C=O) groups is 4. The van der Waals surface area contributed by atoms with Crippen molar-refractivity contribution < 1.29 is 38.9 Å². The van der Waals surface area contributed by atoms with Crippen molar-refractivity contribution in [2.24, 2.45) is 16.8 Å². The molecule has 12 nitrogen and oxygen atoms in total. The zero-order valence-corrected chi connectivity index (χ0v) is 22.8. The molecule has 0 aromatic heterocycles. The average molecular weight is 586 g/mol. The molecular weight excluding hydrogens is 558 g/mol. The molecular formula is C28H28ClN3O9. The Morgan fingerprint density at radius 3 is 2.37 bits per heavy atom. The minimum absolute atomic E-state index is 0.000649. The summed E-state index contributed by atoms with van der Waals surface area (Å²) in [6.07, 6.45) is -1.83. The highest BCUT2D eigenvalue weighted by Crippen LogP contribution is 2.51. The van der Waals surface area contributed by atoms with E-state index in [1.54, 1.807) is 12.1 Å². The smallest absolute Gasteiger partial charge is 0.314 e. The highest BCUT2D eigenvalue weighted by molar-refractivity contribution is 6.30. The minimum Gasteiger partial charge on any atom is -0.507 e. The van der Waals surface area contributed by atoms with Crippen molar-refractivity contribution in [2.45, 2.75) is 63.2 Å². The highest BCUT2D eigenvalue weighted by Gasteiger charge is 2.51. The zero-order chi connectivity index (χ0) is 29.6. The number of nitrogens with one attached hydrogen (secondary N) is 1. The van der Waals surface area contributed by atoms with Crippen molar-refractivity contribution in [3.05, 3.63) is 62.6 Å². The summed E-state index contributed by atoms with van der Waals surface area (Å²) in [5, 5.41) is 28.5. The largest absolute Gasteiger partial charge is 0.507 e. The summed E-state index contributed by atoms with van der Waals surface area (Å²) in [6, 6.07) is 3.81. The Morgan fingerprint density at radius 1 is 1.17 bits per heavy atom. The summed E-state index contributed by atoms with van der Waals surface area (Å²) in [5.74, 6) is -2.78. The van der Waals surface area contributed by atoms with Crippen LogP contribution in [0.1, 0.15) is 81.9 Å². The van der Waals surface area contributed by atoms with Crippen LogP contribution in [0.15, 0.2) is 29.4 Å². The second-order valence-corrected chi connectivity index (χ2v) is 10.9. The van der Waals surface area contributed by atoms with Crippen LogP contribution in [0.2, 0.25) is 0 Å². The molecule has 3 aliphatic rings. The number of hydrogen-bond donors (Lipinski definition) is 4. The Hall–Kier alpha value is -3.87. The Morgan fingerprint density at radius 2 is 1.80 bits per heavy atom. The van der Waals surface area contributed by atoms with Crippen molar-refractivity contribution in [1.29, 1.82) is 0 Å². The van der Waals surface area contributed by atoms with E-state index in [4.69, 9.17) is 26.8 Å². The molecule has 0 saturated heterocycles. The third-order valence-electron chi connectivity index (χ3n) is 8.14. The number of primary amides is 1. The minimum atomic E-state index is -1.82. The molecule has 0 spiro atoms. The molecule has 2 aromatic rings. The summed E-state index contributed by atoms with van der Waals surface area (Å²) in [7, 11) is 0. The van der Waals surface area contributed by atoms with Crippen molar-refractivity contribution in [3.63, 3.8) is 0 Å². The second kappa shape index (κ2) is 10.8. The lowest BCUT2D eigenvalue weighted by Gasteiger charge is -2.46. The lowest BCUT2D eigenvalue weighted by atomic mass is 9.78. The lowest BCUT2D eigenvalue weighted by Crippen LogP contribution is -2.62. The zero-order valence-electron chi connectivity index (χ0n) is 22.0. The number of hydrogen-bond acceptors (Lipinski definition) is 10. The molecule has 0 radical (unpaired) electrons. The fraction of sp³-hybridized carbons (Fsp3) is 0.429. The van der Waals surface area contributed by atoms with Crippen LogP contribution >= 0.6 is 11.6 Å². The molecule has 3 unspecified atom stereocenters. The maximum atomic E-state index is 13.5. The first-order chi connectivity index (χ1) is 19.5. The van der Waals surface area contributed by atoms with Crippen LogP contribution in [0.3, 0.4) is 0 Å². The van der Waals surface area contributed by atoms with Crippen LogP contribution in [0.5, 0.6) is 11.5 Å². The molecule has 0 bridgehead atoms. The summed E-state index contributed by atoms with van der Waals surface area (Å²) in [4.78, 5) is 63.5. The first-order valence-electron chi connectivity index (χ1n) is 13.1. The Balaban J connectivity index is 1.67. The van der Waals surface area contributed by atoms with Gasteiger partial charge in [-0.1, -0.05) is 29.4 Å². The summed E-state index contributed by atoms with van der Waals surface area (Å²) in [5.41, 5.74) is 2.63. The van der Waals surface area contributed by atoms with Crippen LogP contribution in [-0.4, -0.2) is 57.3 Å². The number of phenols is 2. The maximum absolute atomic E-state index is 13.5.